The quantitative estimate of drug-likeness (QED) is 0.736. The van der Waals surface area contributed by atoms with Gasteiger partial charge in [-0.15, -0.1) is 0 Å². The molecular weight excluding hydrogens is 184 g/mol. The highest BCUT2D eigenvalue weighted by atomic mass is 35.5. The summed E-state index contributed by atoms with van der Waals surface area (Å²) in [5, 5.41) is 8.34. The monoisotopic (exact) mass is 190 g/mol. The molecule has 1 heterocycles. The standard InChI is InChI=1S/C6H7ClN2O3/c7-6-9-2-4(12-6)3(8)1-5(10)11/h2-3H,1,8H2,(H,10,11). The number of aliphatic carboxylic acids is 1. The first-order valence-electron chi connectivity index (χ1n) is 3.18. The van der Waals surface area contributed by atoms with Gasteiger partial charge in [-0.25, -0.2) is 4.98 Å². The third-order valence-corrected chi connectivity index (χ3v) is 1.43. The van der Waals surface area contributed by atoms with Gasteiger partial charge in [0, 0.05) is 0 Å². The second kappa shape index (κ2) is 3.55. The van der Waals surface area contributed by atoms with E-state index in [1.54, 1.807) is 0 Å². The Morgan fingerprint density at radius 1 is 1.92 bits per heavy atom. The Morgan fingerprint density at radius 3 is 3.00 bits per heavy atom. The van der Waals surface area contributed by atoms with Crippen molar-refractivity contribution in [2.24, 2.45) is 5.73 Å². The maximum Gasteiger partial charge on any atom is 0.305 e. The van der Waals surface area contributed by atoms with Gasteiger partial charge in [-0.05, 0) is 11.6 Å². The van der Waals surface area contributed by atoms with E-state index in [0.717, 1.165) is 0 Å². The van der Waals surface area contributed by atoms with E-state index in [4.69, 9.17) is 26.9 Å². The number of oxazole rings is 1. The first-order valence-corrected chi connectivity index (χ1v) is 3.56. The second-order valence-corrected chi connectivity index (χ2v) is 2.54. The maximum absolute atomic E-state index is 10.2. The zero-order valence-electron chi connectivity index (χ0n) is 6.03. The molecule has 0 aromatic carbocycles. The summed E-state index contributed by atoms with van der Waals surface area (Å²) >= 11 is 5.36. The Bertz CT molecular complexity index is 286. The van der Waals surface area contributed by atoms with Gasteiger partial charge in [0.25, 0.3) is 5.35 Å². The van der Waals surface area contributed by atoms with Gasteiger partial charge in [0.05, 0.1) is 18.7 Å². The van der Waals surface area contributed by atoms with E-state index in [1.807, 2.05) is 0 Å². The predicted octanol–water partition coefficient (Wildman–Crippen LogP) is 0.802. The lowest BCUT2D eigenvalue weighted by Crippen LogP contribution is -2.14. The number of halogens is 1. The number of carboxylic acid groups (broad SMARTS) is 1. The maximum atomic E-state index is 10.2. The first-order chi connectivity index (χ1) is 5.59. The molecule has 0 bridgehead atoms. The molecular formula is C6H7ClN2O3. The molecule has 0 fully saturated rings. The number of hydrogen-bond donors (Lipinski definition) is 2. The Hall–Kier alpha value is -1.07. The number of carboxylic acids is 1. The second-order valence-electron chi connectivity index (χ2n) is 2.22. The van der Waals surface area contributed by atoms with E-state index in [0.29, 0.717) is 0 Å². The third kappa shape index (κ3) is 2.21. The van der Waals surface area contributed by atoms with Gasteiger partial charge >= 0.3 is 5.97 Å². The predicted molar refractivity (Wildman–Crippen MR) is 40.7 cm³/mol. The van der Waals surface area contributed by atoms with Crippen LogP contribution in [0.4, 0.5) is 0 Å². The molecule has 0 amide bonds. The summed E-state index contributed by atoms with van der Waals surface area (Å²) in [6.07, 6.45) is 1.11. The molecule has 0 aliphatic heterocycles. The van der Waals surface area contributed by atoms with Gasteiger partial charge in [-0.1, -0.05) is 0 Å². The minimum atomic E-state index is -0.991. The molecule has 0 aliphatic carbocycles. The highest BCUT2D eigenvalue weighted by molar-refractivity contribution is 6.27. The number of nitrogens with two attached hydrogens (primary N) is 1. The first kappa shape index (κ1) is 9.02. The van der Waals surface area contributed by atoms with E-state index in [2.05, 4.69) is 4.98 Å². The molecule has 3 N–H and O–H groups in total. The molecule has 0 saturated carbocycles. The van der Waals surface area contributed by atoms with Gasteiger partial charge in [0.1, 0.15) is 5.76 Å². The van der Waals surface area contributed by atoms with Crippen LogP contribution in [0.25, 0.3) is 0 Å². The van der Waals surface area contributed by atoms with Crippen LogP contribution in [-0.4, -0.2) is 16.1 Å². The van der Waals surface area contributed by atoms with E-state index < -0.39 is 12.0 Å². The summed E-state index contributed by atoms with van der Waals surface area (Å²) in [6.45, 7) is 0. The zero-order chi connectivity index (χ0) is 9.14. The van der Waals surface area contributed by atoms with Gasteiger partial charge in [0.15, 0.2) is 0 Å². The SMILES string of the molecule is NC(CC(=O)O)c1cnc(Cl)o1. The molecule has 5 nitrogen and oxygen atoms in total. The van der Waals surface area contributed by atoms with Crippen LogP contribution in [0.15, 0.2) is 10.6 Å². The number of rotatable bonds is 3. The summed E-state index contributed by atoms with van der Waals surface area (Å²) in [7, 11) is 0. The van der Waals surface area contributed by atoms with Crippen molar-refractivity contribution in [3.05, 3.63) is 17.3 Å². The van der Waals surface area contributed by atoms with Gasteiger partial charge in [0.2, 0.25) is 0 Å². The summed E-state index contributed by atoms with van der Waals surface area (Å²) in [5.74, 6) is -0.711. The van der Waals surface area contributed by atoms with Crippen molar-refractivity contribution >= 4 is 17.6 Å². The van der Waals surface area contributed by atoms with Crippen molar-refractivity contribution in [3.8, 4) is 0 Å². The lowest BCUT2D eigenvalue weighted by Gasteiger charge is -2.02. The summed E-state index contributed by atoms with van der Waals surface area (Å²) < 4.78 is 4.81. The largest absolute Gasteiger partial charge is 0.481 e. The summed E-state index contributed by atoms with van der Waals surface area (Å²) in [4.78, 5) is 13.8. The molecule has 66 valence electrons. The Kier molecular flexibility index (Phi) is 2.67. The van der Waals surface area contributed by atoms with Crippen LogP contribution in [0.3, 0.4) is 0 Å². The molecule has 1 unspecified atom stereocenters. The van der Waals surface area contributed by atoms with E-state index in [9.17, 15) is 4.79 Å². The molecule has 1 atom stereocenters. The fraction of sp³-hybridized carbons (Fsp3) is 0.333. The molecule has 0 spiro atoms. The number of nitrogens with zero attached hydrogens (tertiary/aromatic N) is 1. The number of hydrogen-bond acceptors (Lipinski definition) is 4. The topological polar surface area (TPSA) is 89.4 Å². The number of carbonyl (C=O) groups is 1. The van der Waals surface area contributed by atoms with E-state index in [-0.39, 0.29) is 17.5 Å². The highest BCUT2D eigenvalue weighted by Gasteiger charge is 2.14. The van der Waals surface area contributed by atoms with Crippen molar-refractivity contribution in [1.29, 1.82) is 0 Å². The zero-order valence-corrected chi connectivity index (χ0v) is 6.78. The fourth-order valence-electron chi connectivity index (χ4n) is 0.724. The van der Waals surface area contributed by atoms with Crippen LogP contribution >= 0.6 is 11.6 Å². The van der Waals surface area contributed by atoms with Crippen LogP contribution in [0.5, 0.6) is 0 Å². The molecule has 1 rings (SSSR count). The Balaban J connectivity index is 2.64. The smallest absolute Gasteiger partial charge is 0.305 e. The van der Waals surface area contributed by atoms with Crippen LogP contribution < -0.4 is 5.73 Å². The van der Waals surface area contributed by atoms with Gasteiger partial charge < -0.3 is 15.3 Å². The molecule has 6 heteroatoms. The third-order valence-electron chi connectivity index (χ3n) is 1.26. The Morgan fingerprint density at radius 2 is 2.58 bits per heavy atom. The minimum Gasteiger partial charge on any atom is -0.481 e. The van der Waals surface area contributed by atoms with Crippen LogP contribution in [-0.2, 0) is 4.79 Å². The molecule has 0 radical (unpaired) electrons. The molecule has 0 saturated heterocycles. The average molecular weight is 191 g/mol. The van der Waals surface area contributed by atoms with Crippen LogP contribution in [0.1, 0.15) is 18.2 Å². The average Bonchev–Trinajstić information content (AvgIpc) is 2.34. The van der Waals surface area contributed by atoms with Crippen LogP contribution in [0, 0.1) is 0 Å². The van der Waals surface area contributed by atoms with Crippen LogP contribution in [0.2, 0.25) is 5.35 Å². The number of aromatic nitrogens is 1. The van der Waals surface area contributed by atoms with Crippen molar-refractivity contribution in [2.45, 2.75) is 12.5 Å². The normalized spacial score (nSPS) is 12.8. The van der Waals surface area contributed by atoms with Crippen molar-refractivity contribution < 1.29 is 14.3 Å². The molecule has 1 aromatic heterocycles. The lowest BCUT2D eigenvalue weighted by molar-refractivity contribution is -0.137. The van der Waals surface area contributed by atoms with E-state index >= 15 is 0 Å². The lowest BCUT2D eigenvalue weighted by atomic mass is 10.2. The molecule has 0 aliphatic rings. The highest BCUT2D eigenvalue weighted by Crippen LogP contribution is 2.17. The summed E-state index contributed by atoms with van der Waals surface area (Å²) in [6, 6.07) is -0.692. The molecule has 1 aromatic rings. The van der Waals surface area contributed by atoms with Crippen molar-refractivity contribution in [2.75, 3.05) is 0 Å². The fourth-order valence-corrected chi connectivity index (χ4v) is 0.862. The van der Waals surface area contributed by atoms with Crippen molar-refractivity contribution in [1.82, 2.24) is 4.98 Å². The van der Waals surface area contributed by atoms with Gasteiger partial charge in [-0.3, -0.25) is 4.79 Å². The minimum absolute atomic E-state index is 0.0363. The molecule has 12 heavy (non-hydrogen) atoms. The summed E-state index contributed by atoms with van der Waals surface area (Å²) in [5.41, 5.74) is 5.44. The van der Waals surface area contributed by atoms with E-state index in [1.165, 1.54) is 6.20 Å². The van der Waals surface area contributed by atoms with Crippen molar-refractivity contribution in [3.63, 3.8) is 0 Å². The Labute approximate surface area is 73.1 Å². The van der Waals surface area contributed by atoms with Gasteiger partial charge in [-0.2, -0.15) is 0 Å².